The molecule has 5 nitrogen and oxygen atoms in total. The molecule has 0 spiro atoms. The molecule has 0 bridgehead atoms. The van der Waals surface area contributed by atoms with Crippen LogP contribution in [0, 0.1) is 11.6 Å². The van der Waals surface area contributed by atoms with E-state index in [1.807, 2.05) is 26.1 Å². The van der Waals surface area contributed by atoms with Crippen molar-refractivity contribution in [1.29, 1.82) is 0 Å². The largest absolute Gasteiger partial charge is 0.347 e. The summed E-state index contributed by atoms with van der Waals surface area (Å²) in [7, 11) is 0. The maximum Gasteiger partial charge on any atom is 0.313 e. The second-order valence-electron chi connectivity index (χ2n) is 5.63. The molecule has 2 amide bonds. The first kappa shape index (κ1) is 18.3. The molecule has 0 aliphatic rings. The minimum Gasteiger partial charge on any atom is -0.347 e. The Morgan fingerprint density at radius 2 is 1.64 bits per heavy atom. The molecule has 0 atom stereocenters. The van der Waals surface area contributed by atoms with Crippen LogP contribution in [-0.4, -0.2) is 30.4 Å². The summed E-state index contributed by atoms with van der Waals surface area (Å²) in [5.41, 5.74) is -0.833. The highest BCUT2D eigenvalue weighted by Crippen LogP contribution is 2.23. The molecule has 0 radical (unpaired) electrons. The van der Waals surface area contributed by atoms with Crippen LogP contribution in [0.4, 0.5) is 14.5 Å². The summed E-state index contributed by atoms with van der Waals surface area (Å²) in [5.74, 6) is -4.25. The smallest absolute Gasteiger partial charge is 0.313 e. The molecule has 1 aromatic rings. The van der Waals surface area contributed by atoms with Crippen LogP contribution in [-0.2, 0) is 9.59 Å². The van der Waals surface area contributed by atoms with Crippen LogP contribution >= 0.6 is 11.6 Å². The lowest BCUT2D eigenvalue weighted by molar-refractivity contribution is -0.136. The van der Waals surface area contributed by atoms with Gasteiger partial charge in [0.25, 0.3) is 0 Å². The highest BCUT2D eigenvalue weighted by Gasteiger charge is 2.19. The van der Waals surface area contributed by atoms with Crippen molar-refractivity contribution >= 4 is 29.1 Å². The van der Waals surface area contributed by atoms with Gasteiger partial charge in [-0.05, 0) is 32.9 Å². The van der Waals surface area contributed by atoms with Crippen LogP contribution in [0.2, 0.25) is 5.02 Å². The first-order valence-corrected chi connectivity index (χ1v) is 6.96. The van der Waals surface area contributed by atoms with Crippen molar-refractivity contribution < 1.29 is 18.4 Å². The third-order valence-electron chi connectivity index (χ3n) is 2.52. The Balaban J connectivity index is 2.53. The Morgan fingerprint density at radius 1 is 1.09 bits per heavy atom. The third-order valence-corrected chi connectivity index (χ3v) is 2.74. The summed E-state index contributed by atoms with van der Waals surface area (Å²) in [5, 5.41) is 7.19. The van der Waals surface area contributed by atoms with E-state index in [0.717, 1.165) is 12.1 Å². The summed E-state index contributed by atoms with van der Waals surface area (Å²) in [6.07, 6.45) is 0. The van der Waals surface area contributed by atoms with E-state index in [1.165, 1.54) is 0 Å². The summed E-state index contributed by atoms with van der Waals surface area (Å²) >= 11 is 5.46. The van der Waals surface area contributed by atoms with Gasteiger partial charge in [-0.1, -0.05) is 11.6 Å². The normalized spacial score (nSPS) is 11.2. The van der Waals surface area contributed by atoms with Crippen LogP contribution < -0.4 is 16.0 Å². The van der Waals surface area contributed by atoms with Crippen molar-refractivity contribution in [1.82, 2.24) is 10.6 Å². The van der Waals surface area contributed by atoms with Gasteiger partial charge >= 0.3 is 11.8 Å². The lowest BCUT2D eigenvalue weighted by Gasteiger charge is -2.20. The highest BCUT2D eigenvalue weighted by molar-refractivity contribution is 6.39. The molecule has 8 heteroatoms. The van der Waals surface area contributed by atoms with Gasteiger partial charge in [0, 0.05) is 23.7 Å². The summed E-state index contributed by atoms with van der Waals surface area (Å²) in [6, 6.07) is 1.68. The predicted molar refractivity (Wildman–Crippen MR) is 80.8 cm³/mol. The molecule has 22 heavy (non-hydrogen) atoms. The minimum atomic E-state index is -1.16. The van der Waals surface area contributed by atoms with Crippen molar-refractivity contribution in [2.45, 2.75) is 26.3 Å². The number of halogens is 3. The van der Waals surface area contributed by atoms with E-state index in [0.29, 0.717) is 6.54 Å². The fraction of sp³-hybridized carbons (Fsp3) is 0.429. The molecular formula is C14H18ClF2N3O2. The number of hydrogen-bond donors (Lipinski definition) is 3. The first-order chi connectivity index (χ1) is 10.1. The van der Waals surface area contributed by atoms with Gasteiger partial charge in [0.05, 0.1) is 0 Å². The quantitative estimate of drug-likeness (QED) is 0.583. The fourth-order valence-electron chi connectivity index (χ4n) is 1.53. The van der Waals surface area contributed by atoms with Crippen molar-refractivity contribution in [2.75, 3.05) is 18.4 Å². The van der Waals surface area contributed by atoms with Crippen molar-refractivity contribution in [3.63, 3.8) is 0 Å². The SMILES string of the molecule is CC(C)(C)NCCNC(=O)C(=O)Nc1c(F)cc(Cl)cc1F. The molecule has 122 valence electrons. The summed E-state index contributed by atoms with van der Waals surface area (Å²) in [6.45, 7) is 6.51. The molecule has 1 aromatic carbocycles. The standard InChI is InChI=1S/C14H18ClF2N3O2/c1-14(2,3)19-5-4-18-12(21)13(22)20-11-9(16)6-8(15)7-10(11)17/h6-7,19H,4-5H2,1-3H3,(H,18,21)(H,20,22). The van der Waals surface area contributed by atoms with Gasteiger partial charge in [-0.15, -0.1) is 0 Å². The zero-order valence-electron chi connectivity index (χ0n) is 12.5. The van der Waals surface area contributed by atoms with Gasteiger partial charge < -0.3 is 16.0 Å². The number of hydrogen-bond acceptors (Lipinski definition) is 3. The molecule has 0 aliphatic heterocycles. The number of nitrogens with one attached hydrogen (secondary N) is 3. The average molecular weight is 334 g/mol. The number of benzene rings is 1. The molecule has 3 N–H and O–H groups in total. The summed E-state index contributed by atoms with van der Waals surface area (Å²) < 4.78 is 27.0. The van der Waals surface area contributed by atoms with Gasteiger partial charge in [-0.3, -0.25) is 9.59 Å². The molecule has 0 saturated carbocycles. The average Bonchev–Trinajstić information content (AvgIpc) is 2.37. The van der Waals surface area contributed by atoms with E-state index in [4.69, 9.17) is 11.6 Å². The zero-order chi connectivity index (χ0) is 16.9. The molecule has 0 unspecified atom stereocenters. The van der Waals surface area contributed by atoms with E-state index in [-0.39, 0.29) is 17.1 Å². The van der Waals surface area contributed by atoms with Crippen LogP contribution in [0.5, 0.6) is 0 Å². The van der Waals surface area contributed by atoms with Crippen LogP contribution in [0.1, 0.15) is 20.8 Å². The topological polar surface area (TPSA) is 70.2 Å². The minimum absolute atomic E-state index is 0.122. The van der Waals surface area contributed by atoms with Gasteiger partial charge in [-0.25, -0.2) is 8.78 Å². The molecule has 0 fully saturated rings. The van der Waals surface area contributed by atoms with E-state index < -0.39 is 29.1 Å². The predicted octanol–water partition coefficient (Wildman–Crippen LogP) is 2.06. The number of carbonyl (C=O) groups excluding carboxylic acids is 2. The number of anilines is 1. The first-order valence-electron chi connectivity index (χ1n) is 6.59. The van der Waals surface area contributed by atoms with Gasteiger partial charge in [-0.2, -0.15) is 0 Å². The molecule has 0 saturated heterocycles. The number of carbonyl (C=O) groups is 2. The molecule has 1 rings (SSSR count). The van der Waals surface area contributed by atoms with E-state index >= 15 is 0 Å². The Hall–Kier alpha value is -1.73. The van der Waals surface area contributed by atoms with E-state index in [9.17, 15) is 18.4 Å². The second kappa shape index (κ2) is 7.51. The monoisotopic (exact) mass is 333 g/mol. The molecule has 0 aromatic heterocycles. The lowest BCUT2D eigenvalue weighted by Crippen LogP contribution is -2.43. The van der Waals surface area contributed by atoms with E-state index in [1.54, 1.807) is 0 Å². The number of amides is 2. The van der Waals surface area contributed by atoms with Crippen molar-refractivity contribution in [3.8, 4) is 0 Å². The van der Waals surface area contributed by atoms with E-state index in [2.05, 4.69) is 10.6 Å². The Kier molecular flexibility index (Phi) is 6.25. The Bertz CT molecular complexity index is 551. The van der Waals surface area contributed by atoms with Gasteiger partial charge in [0.1, 0.15) is 5.69 Å². The second-order valence-corrected chi connectivity index (χ2v) is 6.07. The number of rotatable bonds is 4. The lowest BCUT2D eigenvalue weighted by atomic mass is 10.1. The Labute approximate surface area is 132 Å². The summed E-state index contributed by atoms with van der Waals surface area (Å²) in [4.78, 5) is 23.1. The van der Waals surface area contributed by atoms with Crippen LogP contribution in [0.15, 0.2) is 12.1 Å². The van der Waals surface area contributed by atoms with Crippen molar-refractivity contribution in [2.24, 2.45) is 0 Å². The zero-order valence-corrected chi connectivity index (χ0v) is 13.3. The maximum atomic E-state index is 13.5. The molecule has 0 aliphatic carbocycles. The van der Waals surface area contributed by atoms with Crippen LogP contribution in [0.3, 0.4) is 0 Å². The van der Waals surface area contributed by atoms with Gasteiger partial charge in [0.15, 0.2) is 11.6 Å². The Morgan fingerprint density at radius 3 is 2.14 bits per heavy atom. The molecule has 0 heterocycles. The fourth-order valence-corrected chi connectivity index (χ4v) is 1.72. The van der Waals surface area contributed by atoms with Crippen LogP contribution in [0.25, 0.3) is 0 Å². The van der Waals surface area contributed by atoms with Crippen molar-refractivity contribution in [3.05, 3.63) is 28.8 Å². The molecular weight excluding hydrogens is 316 g/mol. The highest BCUT2D eigenvalue weighted by atomic mass is 35.5. The maximum absolute atomic E-state index is 13.5. The third kappa shape index (κ3) is 5.95. The van der Waals surface area contributed by atoms with Gasteiger partial charge in [0.2, 0.25) is 0 Å².